The lowest BCUT2D eigenvalue weighted by molar-refractivity contribution is -0.139. The number of hydrogen-bond donors (Lipinski definition) is 2. The molecule has 0 radical (unpaired) electrons. The zero-order valence-corrected chi connectivity index (χ0v) is 8.64. The van der Waals surface area contributed by atoms with E-state index in [1.165, 1.54) is 0 Å². The summed E-state index contributed by atoms with van der Waals surface area (Å²) in [6.07, 6.45) is 4.30. The summed E-state index contributed by atoms with van der Waals surface area (Å²) in [6, 6.07) is 0. The Morgan fingerprint density at radius 3 is 2.29 bits per heavy atom. The molecule has 3 aliphatic carbocycles. The molecular formula is C12H8O5. The van der Waals surface area contributed by atoms with Crippen LogP contribution in [0.15, 0.2) is 34.6 Å². The number of carbonyl (C=O) groups excluding carboxylic acids is 2. The highest BCUT2D eigenvalue weighted by Gasteiger charge is 2.48. The van der Waals surface area contributed by atoms with Gasteiger partial charge in [-0.3, -0.25) is 9.59 Å². The summed E-state index contributed by atoms with van der Waals surface area (Å²) < 4.78 is 0. The summed E-state index contributed by atoms with van der Waals surface area (Å²) in [6.45, 7) is 0. The minimum atomic E-state index is -1.56. The molecule has 5 heteroatoms. The van der Waals surface area contributed by atoms with Gasteiger partial charge in [-0.05, 0) is 6.42 Å². The molecule has 0 spiro atoms. The van der Waals surface area contributed by atoms with Crippen molar-refractivity contribution in [3.05, 3.63) is 34.6 Å². The first-order valence-corrected chi connectivity index (χ1v) is 5.20. The smallest absolute Gasteiger partial charge is 0.343 e. The van der Waals surface area contributed by atoms with E-state index in [0.29, 0.717) is 12.0 Å². The Bertz CT molecular complexity index is 576. The van der Waals surface area contributed by atoms with E-state index in [4.69, 9.17) is 5.11 Å². The number of Topliss-reactive ketones (excluding diaryl/α,β-unsaturated/α-hetero) is 2. The molecule has 0 saturated carbocycles. The van der Waals surface area contributed by atoms with E-state index in [1.54, 1.807) is 0 Å². The SMILES string of the molecule is O=C(O)C1=C(O)C2=C(C(=O)C1=O)C1C=CC2C1. The molecule has 3 rings (SSSR count). The Balaban J connectivity index is 2.25. The largest absolute Gasteiger partial charge is 0.507 e. The number of fused-ring (bicyclic) bond motifs is 4. The predicted molar refractivity (Wildman–Crippen MR) is 55.1 cm³/mol. The maximum absolute atomic E-state index is 11.8. The van der Waals surface area contributed by atoms with E-state index >= 15 is 0 Å². The quantitative estimate of drug-likeness (QED) is 0.298. The molecule has 0 aromatic heterocycles. The van der Waals surface area contributed by atoms with Crippen LogP contribution in [0.2, 0.25) is 0 Å². The van der Waals surface area contributed by atoms with Crippen molar-refractivity contribution in [3.8, 4) is 0 Å². The van der Waals surface area contributed by atoms with E-state index < -0.39 is 28.9 Å². The highest BCUT2D eigenvalue weighted by molar-refractivity contribution is 6.55. The third-order valence-corrected chi connectivity index (χ3v) is 3.50. The third kappa shape index (κ3) is 1.06. The van der Waals surface area contributed by atoms with Crippen LogP contribution in [0.1, 0.15) is 6.42 Å². The van der Waals surface area contributed by atoms with Crippen LogP contribution in [-0.4, -0.2) is 27.7 Å². The predicted octanol–water partition coefficient (Wildman–Crippen LogP) is 0.537. The Morgan fingerprint density at radius 2 is 1.71 bits per heavy atom. The van der Waals surface area contributed by atoms with Crippen LogP contribution >= 0.6 is 0 Å². The molecule has 0 fully saturated rings. The van der Waals surface area contributed by atoms with Gasteiger partial charge in [0.25, 0.3) is 0 Å². The maximum atomic E-state index is 11.8. The molecule has 0 heterocycles. The number of carbonyl (C=O) groups is 3. The van der Waals surface area contributed by atoms with Gasteiger partial charge in [0.2, 0.25) is 11.6 Å². The maximum Gasteiger partial charge on any atom is 0.343 e. The Labute approximate surface area is 95.7 Å². The van der Waals surface area contributed by atoms with Crippen molar-refractivity contribution in [2.24, 2.45) is 11.8 Å². The van der Waals surface area contributed by atoms with Crippen molar-refractivity contribution in [2.75, 3.05) is 0 Å². The fourth-order valence-corrected chi connectivity index (χ4v) is 2.80. The average molecular weight is 232 g/mol. The number of carboxylic acids is 1. The second kappa shape index (κ2) is 2.94. The molecular weight excluding hydrogens is 224 g/mol. The van der Waals surface area contributed by atoms with Gasteiger partial charge in [-0.15, -0.1) is 0 Å². The van der Waals surface area contributed by atoms with Gasteiger partial charge in [-0.25, -0.2) is 4.79 Å². The molecule has 2 bridgehead atoms. The number of carboxylic acid groups (broad SMARTS) is 1. The summed E-state index contributed by atoms with van der Waals surface area (Å²) in [4.78, 5) is 34.3. The normalized spacial score (nSPS) is 30.4. The van der Waals surface area contributed by atoms with E-state index in [0.717, 1.165) is 0 Å². The van der Waals surface area contributed by atoms with Gasteiger partial charge in [0.15, 0.2) is 5.57 Å². The van der Waals surface area contributed by atoms with Crippen LogP contribution in [0, 0.1) is 11.8 Å². The molecule has 0 saturated heterocycles. The van der Waals surface area contributed by atoms with E-state index in [-0.39, 0.29) is 17.4 Å². The van der Waals surface area contributed by atoms with Crippen LogP contribution in [0.4, 0.5) is 0 Å². The zero-order chi connectivity index (χ0) is 12.3. The summed E-state index contributed by atoms with van der Waals surface area (Å²) >= 11 is 0. The fraction of sp³-hybridized carbons (Fsp3) is 0.250. The van der Waals surface area contributed by atoms with Crippen LogP contribution in [0.25, 0.3) is 0 Å². The van der Waals surface area contributed by atoms with Crippen molar-refractivity contribution in [3.63, 3.8) is 0 Å². The van der Waals surface area contributed by atoms with E-state index in [1.807, 2.05) is 12.2 Å². The molecule has 2 atom stereocenters. The third-order valence-electron chi connectivity index (χ3n) is 3.50. The Kier molecular flexibility index (Phi) is 1.73. The number of rotatable bonds is 1. The first-order chi connectivity index (χ1) is 8.02. The molecule has 2 unspecified atom stereocenters. The summed E-state index contributed by atoms with van der Waals surface area (Å²) in [7, 11) is 0. The molecule has 3 aliphatic rings. The van der Waals surface area contributed by atoms with Gasteiger partial charge < -0.3 is 10.2 Å². The second-order valence-corrected chi connectivity index (χ2v) is 4.35. The summed E-state index contributed by atoms with van der Waals surface area (Å²) in [5.41, 5.74) is -0.181. The van der Waals surface area contributed by atoms with Gasteiger partial charge in [-0.2, -0.15) is 0 Å². The molecule has 0 aromatic rings. The first kappa shape index (κ1) is 10.0. The van der Waals surface area contributed by atoms with Crippen LogP contribution < -0.4 is 0 Å². The van der Waals surface area contributed by atoms with Crippen molar-refractivity contribution in [1.29, 1.82) is 0 Å². The van der Waals surface area contributed by atoms with E-state index in [9.17, 15) is 19.5 Å². The molecule has 0 amide bonds. The lowest BCUT2D eigenvalue weighted by Crippen LogP contribution is -2.31. The van der Waals surface area contributed by atoms with E-state index in [2.05, 4.69) is 0 Å². The number of aliphatic hydroxyl groups excluding tert-OH is 1. The fourth-order valence-electron chi connectivity index (χ4n) is 2.80. The Morgan fingerprint density at radius 1 is 1.12 bits per heavy atom. The number of hydrogen-bond acceptors (Lipinski definition) is 4. The minimum absolute atomic E-state index is 0.138. The average Bonchev–Trinajstić information content (AvgIpc) is 2.85. The molecule has 2 N–H and O–H groups in total. The van der Waals surface area contributed by atoms with Gasteiger partial charge in [0.1, 0.15) is 5.76 Å². The lowest BCUT2D eigenvalue weighted by atomic mass is 9.83. The molecule has 86 valence electrons. The van der Waals surface area contributed by atoms with Gasteiger partial charge in [0.05, 0.1) is 0 Å². The van der Waals surface area contributed by atoms with Crippen molar-refractivity contribution in [2.45, 2.75) is 6.42 Å². The van der Waals surface area contributed by atoms with Gasteiger partial charge >= 0.3 is 5.97 Å². The van der Waals surface area contributed by atoms with Gasteiger partial charge in [0, 0.05) is 23.0 Å². The Hall–Kier alpha value is -2.17. The topological polar surface area (TPSA) is 91.7 Å². The number of aliphatic carboxylic acids is 1. The molecule has 17 heavy (non-hydrogen) atoms. The van der Waals surface area contributed by atoms with Crippen LogP contribution in [-0.2, 0) is 14.4 Å². The van der Waals surface area contributed by atoms with Gasteiger partial charge in [-0.1, -0.05) is 12.2 Å². The van der Waals surface area contributed by atoms with Crippen molar-refractivity contribution < 1.29 is 24.6 Å². The molecule has 5 nitrogen and oxygen atoms in total. The first-order valence-electron chi connectivity index (χ1n) is 5.20. The zero-order valence-electron chi connectivity index (χ0n) is 8.64. The monoisotopic (exact) mass is 232 g/mol. The second-order valence-electron chi connectivity index (χ2n) is 4.35. The van der Waals surface area contributed by atoms with Crippen molar-refractivity contribution in [1.82, 2.24) is 0 Å². The van der Waals surface area contributed by atoms with Crippen LogP contribution in [0.5, 0.6) is 0 Å². The standard InChI is InChI=1S/C12H8O5/c13-9-6-4-1-2-5(3-4)7(6)10(14)11(15)8(9)12(16)17/h1-2,4-5,13H,3H2,(H,16,17). The molecule has 0 aliphatic heterocycles. The van der Waals surface area contributed by atoms with Crippen molar-refractivity contribution >= 4 is 17.5 Å². The summed E-state index contributed by atoms with van der Waals surface area (Å²) in [5, 5.41) is 18.7. The number of allylic oxidation sites excluding steroid dienone is 4. The number of aliphatic hydroxyl groups is 1. The summed E-state index contributed by atoms with van der Waals surface area (Å²) in [5.74, 6) is -4.28. The minimum Gasteiger partial charge on any atom is -0.507 e. The number of ketones is 2. The lowest BCUT2D eigenvalue weighted by Gasteiger charge is -2.20. The molecule has 0 aromatic carbocycles. The highest BCUT2D eigenvalue weighted by Crippen LogP contribution is 2.48. The highest BCUT2D eigenvalue weighted by atomic mass is 16.4. The van der Waals surface area contributed by atoms with Crippen LogP contribution in [0.3, 0.4) is 0 Å².